The average Bonchev–Trinajstić information content (AvgIpc) is 3.98. The number of benzene rings is 6. The minimum absolute atomic E-state index is 0. The van der Waals surface area contributed by atoms with Gasteiger partial charge in [-0.15, -0.1) is 53.1 Å². The second-order valence-corrected chi connectivity index (χ2v) is 25.7. The molecule has 7 heteroatoms. The van der Waals surface area contributed by atoms with Crippen LogP contribution in [0.5, 0.6) is 0 Å². The summed E-state index contributed by atoms with van der Waals surface area (Å²) in [5, 5.41) is 2.86. The molecule has 351 valence electrons. The van der Waals surface area contributed by atoms with Crippen LogP contribution in [0.25, 0.3) is 83.8 Å². The van der Waals surface area contributed by atoms with Crippen molar-refractivity contribution in [3.05, 3.63) is 186 Å². The SMILES string of the molecule is [2H]C([2H])([2H])c1c[c-]c(-c2cc(C([2H])([2H])C(C)(C)C)c([Si](C)(C)C)cn2)cc1.[2H]C([2H])([2H])c1ccc(-c2ccc3c(n2)oc2c(-c4nc5ccccc5n4-c4ccc(C(C)(C)C)cc4-c4ccccc4)[c-]cc(C)c23)cc1.[Ir]. The molecule has 0 saturated carbocycles. The van der Waals surface area contributed by atoms with Gasteiger partial charge in [-0.1, -0.05) is 176 Å². The van der Waals surface area contributed by atoms with Crippen molar-refractivity contribution in [1.82, 2.24) is 19.5 Å². The van der Waals surface area contributed by atoms with Crippen molar-refractivity contribution in [2.75, 3.05) is 0 Å². The van der Waals surface area contributed by atoms with E-state index in [0.29, 0.717) is 39.4 Å². The number of fused-ring (bicyclic) bond motifs is 4. The zero-order valence-electron chi connectivity index (χ0n) is 48.9. The summed E-state index contributed by atoms with van der Waals surface area (Å²) >= 11 is 0. The molecular formula is C62H62IrN4OSi-2. The molecule has 0 aliphatic rings. The van der Waals surface area contributed by atoms with E-state index in [1.165, 1.54) is 11.6 Å². The third kappa shape index (κ3) is 10.4. The fourth-order valence-electron chi connectivity index (χ4n) is 8.61. The van der Waals surface area contributed by atoms with Crippen molar-refractivity contribution in [2.45, 2.75) is 93.6 Å². The fraction of sp³-hybridized carbons (Fsp3) is 0.242. The first-order valence-electron chi connectivity index (χ1n) is 27.1. The molecule has 0 amide bonds. The summed E-state index contributed by atoms with van der Waals surface area (Å²) in [7, 11) is -1.81. The molecule has 0 unspecified atom stereocenters. The third-order valence-corrected chi connectivity index (χ3v) is 14.1. The Morgan fingerprint density at radius 3 is 2.13 bits per heavy atom. The largest absolute Gasteiger partial charge is 0.486 e. The van der Waals surface area contributed by atoms with Crippen molar-refractivity contribution in [3.8, 4) is 50.7 Å². The van der Waals surface area contributed by atoms with Gasteiger partial charge in [0.15, 0.2) is 0 Å². The van der Waals surface area contributed by atoms with E-state index in [9.17, 15) is 0 Å². The topological polar surface area (TPSA) is 56.7 Å². The van der Waals surface area contributed by atoms with Gasteiger partial charge < -0.3 is 14.0 Å². The smallest absolute Gasteiger partial charge is 0.216 e. The van der Waals surface area contributed by atoms with Gasteiger partial charge in [0.2, 0.25) is 5.71 Å². The third-order valence-electron chi connectivity index (χ3n) is 12.1. The number of aryl methyl sites for hydroxylation is 3. The minimum Gasteiger partial charge on any atom is -0.486 e. The Morgan fingerprint density at radius 2 is 1.45 bits per heavy atom. The van der Waals surface area contributed by atoms with E-state index in [4.69, 9.17) is 25.4 Å². The van der Waals surface area contributed by atoms with Crippen LogP contribution in [0.3, 0.4) is 0 Å². The van der Waals surface area contributed by atoms with E-state index in [1.54, 1.807) is 42.6 Å². The number of pyridine rings is 2. The molecule has 0 spiro atoms. The van der Waals surface area contributed by atoms with Crippen molar-refractivity contribution < 1.29 is 35.5 Å². The molecule has 0 aliphatic carbocycles. The molecule has 0 atom stereocenters. The first kappa shape index (κ1) is 39.6. The Kier molecular flexibility index (Phi) is 11.1. The number of imidazole rings is 1. The van der Waals surface area contributed by atoms with Crippen LogP contribution < -0.4 is 5.19 Å². The quantitative estimate of drug-likeness (QED) is 0.118. The van der Waals surface area contributed by atoms with E-state index < -0.39 is 33.6 Å². The Hall–Kier alpha value is -6.24. The Bertz CT molecular complexity index is 3770. The molecule has 10 aromatic rings. The summed E-state index contributed by atoms with van der Waals surface area (Å²) < 4.78 is 72.0. The molecule has 69 heavy (non-hydrogen) atoms. The molecule has 0 N–H and O–H groups in total. The first-order valence-corrected chi connectivity index (χ1v) is 26.6. The normalized spacial score (nSPS) is 14.3. The molecule has 0 bridgehead atoms. The van der Waals surface area contributed by atoms with Crippen LogP contribution >= 0.6 is 0 Å². The van der Waals surface area contributed by atoms with Gasteiger partial charge in [0.25, 0.3) is 0 Å². The van der Waals surface area contributed by atoms with Gasteiger partial charge in [-0.05, 0) is 82.5 Å². The van der Waals surface area contributed by atoms with E-state index >= 15 is 0 Å². The molecule has 4 heterocycles. The van der Waals surface area contributed by atoms with Crippen molar-refractivity contribution >= 4 is 46.4 Å². The average molecular weight is 1110 g/mol. The number of hydrogen-bond acceptors (Lipinski definition) is 4. The summed E-state index contributed by atoms with van der Waals surface area (Å²) in [6, 6.07) is 51.3. The van der Waals surface area contributed by atoms with Crippen LogP contribution in [0.4, 0.5) is 0 Å². The molecule has 1 radical (unpaired) electrons. The van der Waals surface area contributed by atoms with Crippen molar-refractivity contribution in [3.63, 3.8) is 0 Å². The number of rotatable bonds is 7. The van der Waals surface area contributed by atoms with Gasteiger partial charge in [-0.2, -0.15) is 0 Å². The number of para-hydroxylation sites is 2. The van der Waals surface area contributed by atoms with Crippen LogP contribution in [0.1, 0.15) is 80.3 Å². The van der Waals surface area contributed by atoms with E-state index in [-0.39, 0.29) is 31.1 Å². The van der Waals surface area contributed by atoms with Gasteiger partial charge >= 0.3 is 0 Å². The van der Waals surface area contributed by atoms with E-state index in [1.807, 2.05) is 69.3 Å². The Balaban J connectivity index is 0.000000239. The maximum Gasteiger partial charge on any atom is 0.216 e. The number of hydrogen-bond donors (Lipinski definition) is 0. The van der Waals surface area contributed by atoms with Crippen LogP contribution in [-0.2, 0) is 31.9 Å². The van der Waals surface area contributed by atoms with Gasteiger partial charge in [-0.25, -0.2) is 4.98 Å². The van der Waals surface area contributed by atoms with Crippen LogP contribution in [0.15, 0.2) is 150 Å². The maximum atomic E-state index is 8.79. The zero-order valence-corrected chi connectivity index (χ0v) is 44.3. The number of aromatic nitrogens is 4. The van der Waals surface area contributed by atoms with Crippen LogP contribution in [0, 0.1) is 38.2 Å². The summed E-state index contributed by atoms with van der Waals surface area (Å²) in [6.45, 7) is 16.7. The molecule has 5 nitrogen and oxygen atoms in total. The molecule has 4 aromatic heterocycles. The zero-order chi connectivity index (χ0) is 54.9. The van der Waals surface area contributed by atoms with E-state index in [2.05, 4.69) is 118 Å². The fourth-order valence-corrected chi connectivity index (χ4v) is 10.0. The van der Waals surface area contributed by atoms with Gasteiger partial charge in [-0.3, -0.25) is 4.98 Å². The summed E-state index contributed by atoms with van der Waals surface area (Å²) in [6.07, 6.45) is 0.269. The predicted octanol–water partition coefficient (Wildman–Crippen LogP) is 16.0. The van der Waals surface area contributed by atoms with E-state index in [0.717, 1.165) is 66.3 Å². The Labute approximate surface area is 434 Å². The van der Waals surface area contributed by atoms with Crippen LogP contribution in [0.2, 0.25) is 19.6 Å². The monoisotopic (exact) mass is 1110 g/mol. The first-order chi connectivity index (χ1) is 35.5. The van der Waals surface area contributed by atoms with Gasteiger partial charge in [0.05, 0.1) is 36.2 Å². The molecule has 0 saturated heterocycles. The molecule has 6 aromatic carbocycles. The summed E-state index contributed by atoms with van der Waals surface area (Å²) in [4.78, 5) is 14.7. The standard InChI is InChI=1S/C42H34N3O.C20H28NSi.Ir/c1-26-15-18-29(19-16-26)34-23-22-31-38-27(2)17-21-32(39(38)46-41(31)44-34)40-43-35-13-9-10-14-37(35)45(40)36-24-20-30(42(3,4)5)25-33(36)28-11-7-6-8-12-28;1-15-8-10-16(11-9-15)18-12-17(13-20(2,3)4)19(14-21-18)22(5,6)7;/h6-20,22-25H,1-5H3;8-10,12,14H,13H2,1-7H3;/q2*-1;/i1D3;1D3,13D2;. The molecule has 0 aliphatic heterocycles. The predicted molar refractivity (Wildman–Crippen MR) is 289 cm³/mol. The van der Waals surface area contributed by atoms with Gasteiger partial charge in [0, 0.05) is 59.5 Å². The number of nitrogens with zero attached hydrogens (tertiary/aromatic N) is 4. The second kappa shape index (κ2) is 19.3. The van der Waals surface area contributed by atoms with Crippen molar-refractivity contribution in [2.24, 2.45) is 5.41 Å². The maximum absolute atomic E-state index is 8.79. The van der Waals surface area contributed by atoms with Gasteiger partial charge in [0.1, 0.15) is 0 Å². The second-order valence-electron chi connectivity index (χ2n) is 20.6. The molecule has 0 fully saturated rings. The molecular weight excluding hydrogens is 1040 g/mol. The van der Waals surface area contributed by atoms with Crippen molar-refractivity contribution in [1.29, 1.82) is 0 Å². The molecule has 10 rings (SSSR count). The Morgan fingerprint density at radius 1 is 0.725 bits per heavy atom. The summed E-state index contributed by atoms with van der Waals surface area (Å²) in [5.41, 5.74) is 12.7. The minimum atomic E-state index is -2.17. The number of furan rings is 1. The van der Waals surface area contributed by atoms with Crippen LogP contribution in [-0.4, -0.2) is 27.6 Å². The summed E-state index contributed by atoms with van der Waals surface area (Å²) in [5.74, 6) is 0.728.